The zero-order valence-electron chi connectivity index (χ0n) is 13.3. The average Bonchev–Trinajstić information content (AvgIpc) is 3.21. The van der Waals surface area contributed by atoms with Crippen molar-refractivity contribution in [1.29, 1.82) is 0 Å². The lowest BCUT2D eigenvalue weighted by molar-refractivity contribution is -0.114. The first kappa shape index (κ1) is 16.3. The summed E-state index contributed by atoms with van der Waals surface area (Å²) >= 11 is 3.31. The van der Waals surface area contributed by atoms with E-state index in [4.69, 9.17) is 0 Å². The zero-order valence-corrected chi connectivity index (χ0v) is 14.9. The Morgan fingerprint density at radius 2 is 1.88 bits per heavy atom. The Labute approximate surface area is 156 Å². The normalized spacial score (nSPS) is 13.2. The Bertz CT molecular complexity index is 1060. The fourth-order valence-corrected chi connectivity index (χ4v) is 3.24. The van der Waals surface area contributed by atoms with Crippen molar-refractivity contribution in [3.63, 3.8) is 0 Å². The number of ketones is 1. The molecule has 0 bridgehead atoms. The Hall–Kier alpha value is -3.13. The molecule has 1 aromatic heterocycles. The van der Waals surface area contributed by atoms with Gasteiger partial charge in [0.05, 0.1) is 29.7 Å². The summed E-state index contributed by atoms with van der Waals surface area (Å²) in [5.41, 5.74) is 2.48. The van der Waals surface area contributed by atoms with E-state index in [-0.39, 0.29) is 6.54 Å². The van der Waals surface area contributed by atoms with E-state index in [0.717, 1.165) is 10.8 Å². The summed E-state index contributed by atoms with van der Waals surface area (Å²) in [6.45, 7) is 0.114. The molecule has 1 aliphatic rings. The van der Waals surface area contributed by atoms with Crippen molar-refractivity contribution in [2.75, 3.05) is 4.90 Å². The number of fused-ring (bicyclic) bond motifs is 1. The number of hydrogen-bond acceptors (Lipinski definition) is 5. The Morgan fingerprint density at radius 3 is 2.69 bits per heavy atom. The van der Waals surface area contributed by atoms with Crippen molar-refractivity contribution in [3.8, 4) is 5.69 Å². The number of para-hydroxylation sites is 1. The van der Waals surface area contributed by atoms with Gasteiger partial charge in [-0.05, 0) is 30.3 Å². The molecule has 2 heterocycles. The largest absolute Gasteiger partial charge is 0.299 e. The van der Waals surface area contributed by atoms with Crippen molar-refractivity contribution in [2.24, 2.45) is 0 Å². The maximum absolute atomic E-state index is 12.3. The van der Waals surface area contributed by atoms with Crippen molar-refractivity contribution < 1.29 is 14.4 Å². The molecule has 1 amide bonds. The lowest BCUT2D eigenvalue weighted by Crippen LogP contribution is -2.29. The van der Waals surface area contributed by atoms with Crippen LogP contribution in [0.5, 0.6) is 0 Å². The molecule has 0 saturated heterocycles. The monoisotopic (exact) mass is 410 g/mol. The Morgan fingerprint density at radius 1 is 1.08 bits per heavy atom. The summed E-state index contributed by atoms with van der Waals surface area (Å²) in [6.07, 6.45) is 2.38. The number of Topliss-reactive ketones (excluding diaryl/α,β-unsaturated/α-hetero) is 1. The summed E-state index contributed by atoms with van der Waals surface area (Å²) in [5.74, 6) is -1.14. The molecule has 8 heteroatoms. The fourth-order valence-electron chi connectivity index (χ4n) is 2.88. The second-order valence-corrected chi connectivity index (χ2v) is 6.63. The lowest BCUT2D eigenvalue weighted by atomic mass is 10.1. The number of nitrogens with zero attached hydrogens (tertiary/aromatic N) is 4. The van der Waals surface area contributed by atoms with E-state index in [1.54, 1.807) is 48.7 Å². The molecule has 7 nitrogen and oxygen atoms in total. The summed E-state index contributed by atoms with van der Waals surface area (Å²) in [5, 5.41) is 8.09. The van der Waals surface area contributed by atoms with E-state index in [1.165, 1.54) is 9.58 Å². The number of hydrogen-bond donors (Lipinski definition) is 0. The number of benzene rings is 2. The van der Waals surface area contributed by atoms with E-state index in [1.807, 2.05) is 0 Å². The number of carbonyl (C=O) groups excluding carboxylic acids is 3. The summed E-state index contributed by atoms with van der Waals surface area (Å²) in [4.78, 5) is 37.0. The van der Waals surface area contributed by atoms with Crippen LogP contribution < -0.4 is 4.90 Å². The molecule has 128 valence electrons. The quantitative estimate of drug-likeness (QED) is 0.487. The predicted molar refractivity (Wildman–Crippen MR) is 96.4 cm³/mol. The van der Waals surface area contributed by atoms with E-state index in [9.17, 15) is 14.4 Å². The minimum absolute atomic E-state index is 0.114. The van der Waals surface area contributed by atoms with Gasteiger partial charge in [-0.1, -0.05) is 33.3 Å². The van der Waals surface area contributed by atoms with Crippen LogP contribution in [0.1, 0.15) is 26.4 Å². The van der Waals surface area contributed by atoms with Gasteiger partial charge in [0.15, 0.2) is 6.29 Å². The molecule has 0 fully saturated rings. The number of aldehydes is 1. The minimum atomic E-state index is -0.596. The van der Waals surface area contributed by atoms with Crippen molar-refractivity contribution >= 4 is 39.6 Å². The molecule has 0 atom stereocenters. The Kier molecular flexibility index (Phi) is 3.96. The summed E-state index contributed by atoms with van der Waals surface area (Å²) in [6, 6.07) is 12.1. The van der Waals surface area contributed by atoms with Gasteiger partial charge in [0.2, 0.25) is 0 Å². The molecule has 2 aromatic carbocycles. The molecule has 4 rings (SSSR count). The first-order valence-corrected chi connectivity index (χ1v) is 8.49. The van der Waals surface area contributed by atoms with Crippen molar-refractivity contribution in [3.05, 3.63) is 70.0 Å². The zero-order chi connectivity index (χ0) is 18.3. The van der Waals surface area contributed by atoms with Crippen LogP contribution in [0.25, 0.3) is 5.69 Å². The molecule has 0 radical (unpaired) electrons. The molecule has 1 aliphatic heterocycles. The first-order valence-electron chi connectivity index (χ1n) is 7.70. The van der Waals surface area contributed by atoms with Crippen LogP contribution in [-0.4, -0.2) is 33.0 Å². The molecule has 3 aromatic rings. The van der Waals surface area contributed by atoms with Gasteiger partial charge >= 0.3 is 0 Å². The second-order valence-electron chi connectivity index (χ2n) is 5.71. The predicted octanol–water partition coefficient (Wildman–Crippen LogP) is 2.57. The number of carbonyl (C=O) groups is 3. The van der Waals surface area contributed by atoms with Gasteiger partial charge < -0.3 is 0 Å². The average molecular weight is 411 g/mol. The number of aromatic nitrogens is 3. The number of halogens is 1. The minimum Gasteiger partial charge on any atom is -0.299 e. The molecular weight excluding hydrogens is 400 g/mol. The second kappa shape index (κ2) is 6.30. The van der Waals surface area contributed by atoms with Crippen molar-refractivity contribution in [1.82, 2.24) is 15.0 Å². The van der Waals surface area contributed by atoms with Crippen LogP contribution >= 0.6 is 15.9 Å². The molecular formula is C18H11BrN4O3. The molecule has 26 heavy (non-hydrogen) atoms. The van der Waals surface area contributed by atoms with Crippen LogP contribution in [0.4, 0.5) is 5.69 Å². The first-order chi connectivity index (χ1) is 12.6. The standard InChI is InChI=1S/C18H11BrN4O3/c19-12-5-6-16-14(7-12)17(25)18(26)22(16)8-13-9-23(21-20-13)15-4-2-1-3-11(15)10-24/h1-7,9-10H,8H2. The van der Waals surface area contributed by atoms with E-state index in [2.05, 4.69) is 26.2 Å². The van der Waals surface area contributed by atoms with Crippen LogP contribution in [0, 0.1) is 0 Å². The van der Waals surface area contributed by atoms with Crippen LogP contribution in [-0.2, 0) is 11.3 Å². The maximum atomic E-state index is 12.3. The van der Waals surface area contributed by atoms with Crippen molar-refractivity contribution in [2.45, 2.75) is 6.54 Å². The van der Waals surface area contributed by atoms with Crippen LogP contribution in [0.2, 0.25) is 0 Å². The van der Waals surface area contributed by atoms with Gasteiger partial charge in [-0.25, -0.2) is 4.68 Å². The third-order valence-electron chi connectivity index (χ3n) is 4.10. The highest BCUT2D eigenvalue weighted by Crippen LogP contribution is 2.32. The van der Waals surface area contributed by atoms with Gasteiger partial charge in [-0.3, -0.25) is 19.3 Å². The molecule has 0 N–H and O–H groups in total. The highest BCUT2D eigenvalue weighted by Gasteiger charge is 2.36. The van der Waals surface area contributed by atoms with Gasteiger partial charge in [0.1, 0.15) is 5.69 Å². The maximum Gasteiger partial charge on any atom is 0.299 e. The number of rotatable bonds is 4. The van der Waals surface area contributed by atoms with Gasteiger partial charge in [0.25, 0.3) is 11.7 Å². The highest BCUT2D eigenvalue weighted by atomic mass is 79.9. The molecule has 0 unspecified atom stereocenters. The topological polar surface area (TPSA) is 85.2 Å². The smallest absolute Gasteiger partial charge is 0.299 e. The lowest BCUT2D eigenvalue weighted by Gasteiger charge is -2.14. The number of anilines is 1. The van der Waals surface area contributed by atoms with Gasteiger partial charge in [-0.15, -0.1) is 5.10 Å². The van der Waals surface area contributed by atoms with E-state index < -0.39 is 11.7 Å². The highest BCUT2D eigenvalue weighted by molar-refractivity contribution is 9.10. The third-order valence-corrected chi connectivity index (χ3v) is 4.60. The molecule has 0 aliphatic carbocycles. The number of amides is 1. The SMILES string of the molecule is O=Cc1ccccc1-n1cc(CN2C(=O)C(=O)c3cc(Br)ccc32)nn1. The molecule has 0 saturated carbocycles. The van der Waals surface area contributed by atoms with Gasteiger partial charge in [-0.2, -0.15) is 0 Å². The fraction of sp³-hybridized carbons (Fsp3) is 0.0556. The van der Waals surface area contributed by atoms with Crippen LogP contribution in [0.15, 0.2) is 53.1 Å². The molecule has 0 spiro atoms. The third kappa shape index (κ3) is 2.64. The summed E-state index contributed by atoms with van der Waals surface area (Å²) < 4.78 is 2.21. The van der Waals surface area contributed by atoms with Crippen LogP contribution in [0.3, 0.4) is 0 Å². The van der Waals surface area contributed by atoms with E-state index in [0.29, 0.717) is 28.2 Å². The summed E-state index contributed by atoms with van der Waals surface area (Å²) in [7, 11) is 0. The Balaban J connectivity index is 1.66. The van der Waals surface area contributed by atoms with E-state index >= 15 is 0 Å². The van der Waals surface area contributed by atoms with Gasteiger partial charge in [0, 0.05) is 10.0 Å².